The van der Waals surface area contributed by atoms with Crippen LogP contribution in [0.15, 0.2) is 24.3 Å². The van der Waals surface area contributed by atoms with Crippen LogP contribution >= 0.6 is 0 Å². The summed E-state index contributed by atoms with van der Waals surface area (Å²) < 4.78 is 5.62. The van der Waals surface area contributed by atoms with Gasteiger partial charge in [0.15, 0.2) is 0 Å². The van der Waals surface area contributed by atoms with Crippen molar-refractivity contribution in [3.63, 3.8) is 0 Å². The number of amides is 1. The van der Waals surface area contributed by atoms with E-state index in [0.29, 0.717) is 18.9 Å². The zero-order valence-corrected chi connectivity index (χ0v) is 12.2. The Bertz CT molecular complexity index is 371. The van der Waals surface area contributed by atoms with Crippen molar-refractivity contribution in [3.8, 4) is 5.75 Å². The SMILES string of the molecule is CCCNC(=O)CCCOc1ccc(C(C)C)cc1. The summed E-state index contributed by atoms with van der Waals surface area (Å²) in [7, 11) is 0. The Kier molecular flexibility index (Phi) is 7.01. The van der Waals surface area contributed by atoms with Crippen molar-refractivity contribution < 1.29 is 9.53 Å². The van der Waals surface area contributed by atoms with Crippen LogP contribution in [0.5, 0.6) is 5.75 Å². The van der Waals surface area contributed by atoms with Gasteiger partial charge in [0.05, 0.1) is 6.61 Å². The van der Waals surface area contributed by atoms with Gasteiger partial charge in [0.25, 0.3) is 0 Å². The fourth-order valence-electron chi connectivity index (χ4n) is 1.72. The highest BCUT2D eigenvalue weighted by Crippen LogP contribution is 2.18. The van der Waals surface area contributed by atoms with Gasteiger partial charge in [0.1, 0.15) is 5.75 Å². The van der Waals surface area contributed by atoms with Crippen LogP contribution in [0.2, 0.25) is 0 Å². The number of carbonyl (C=O) groups excluding carboxylic acids is 1. The van der Waals surface area contributed by atoms with Crippen LogP contribution in [0.25, 0.3) is 0 Å². The van der Waals surface area contributed by atoms with Gasteiger partial charge in [-0.1, -0.05) is 32.9 Å². The van der Waals surface area contributed by atoms with Crippen LogP contribution in [-0.4, -0.2) is 19.1 Å². The van der Waals surface area contributed by atoms with Crippen LogP contribution in [0.1, 0.15) is 51.5 Å². The second-order valence-corrected chi connectivity index (χ2v) is 5.03. The van der Waals surface area contributed by atoms with E-state index < -0.39 is 0 Å². The molecule has 1 aromatic rings. The highest BCUT2D eigenvalue weighted by molar-refractivity contribution is 5.75. The zero-order chi connectivity index (χ0) is 14.1. The maximum Gasteiger partial charge on any atom is 0.220 e. The first-order valence-electron chi connectivity index (χ1n) is 7.13. The molecule has 1 amide bonds. The van der Waals surface area contributed by atoms with E-state index in [1.165, 1.54) is 5.56 Å². The summed E-state index contributed by atoms with van der Waals surface area (Å²) in [6.07, 6.45) is 2.26. The standard InChI is InChI=1S/C16H25NO2/c1-4-11-17-16(18)6-5-12-19-15-9-7-14(8-10-15)13(2)3/h7-10,13H,4-6,11-12H2,1-3H3,(H,17,18). The molecule has 0 bridgehead atoms. The van der Waals surface area contributed by atoms with Gasteiger partial charge in [-0.3, -0.25) is 4.79 Å². The van der Waals surface area contributed by atoms with E-state index in [1.807, 2.05) is 19.1 Å². The molecule has 1 aromatic carbocycles. The molecule has 0 spiro atoms. The van der Waals surface area contributed by atoms with Gasteiger partial charge in [-0.05, 0) is 36.5 Å². The van der Waals surface area contributed by atoms with Gasteiger partial charge in [-0.2, -0.15) is 0 Å². The maximum absolute atomic E-state index is 11.4. The van der Waals surface area contributed by atoms with Crippen molar-refractivity contribution in [1.29, 1.82) is 0 Å². The maximum atomic E-state index is 11.4. The number of nitrogens with one attached hydrogen (secondary N) is 1. The van der Waals surface area contributed by atoms with Crippen LogP contribution in [0.3, 0.4) is 0 Å². The van der Waals surface area contributed by atoms with E-state index in [2.05, 4.69) is 31.3 Å². The van der Waals surface area contributed by atoms with E-state index >= 15 is 0 Å². The van der Waals surface area contributed by atoms with Crippen LogP contribution in [0.4, 0.5) is 0 Å². The largest absolute Gasteiger partial charge is 0.494 e. The highest BCUT2D eigenvalue weighted by Gasteiger charge is 2.01. The topological polar surface area (TPSA) is 38.3 Å². The normalized spacial score (nSPS) is 10.5. The summed E-state index contributed by atoms with van der Waals surface area (Å²) in [6.45, 7) is 7.73. The number of ether oxygens (including phenoxy) is 1. The van der Waals surface area contributed by atoms with Gasteiger partial charge in [-0.15, -0.1) is 0 Å². The van der Waals surface area contributed by atoms with Gasteiger partial charge >= 0.3 is 0 Å². The van der Waals surface area contributed by atoms with E-state index in [1.54, 1.807) is 0 Å². The Morgan fingerprint density at radius 2 is 1.95 bits per heavy atom. The smallest absolute Gasteiger partial charge is 0.220 e. The summed E-state index contributed by atoms with van der Waals surface area (Å²) in [6, 6.07) is 8.17. The molecule has 0 heterocycles. The van der Waals surface area contributed by atoms with Crippen molar-refractivity contribution in [2.24, 2.45) is 0 Å². The van der Waals surface area contributed by atoms with Gasteiger partial charge in [0.2, 0.25) is 5.91 Å². The van der Waals surface area contributed by atoms with Gasteiger partial charge in [-0.25, -0.2) is 0 Å². The first-order valence-corrected chi connectivity index (χ1v) is 7.13. The van der Waals surface area contributed by atoms with Gasteiger partial charge in [0, 0.05) is 13.0 Å². The predicted molar refractivity (Wildman–Crippen MR) is 78.6 cm³/mol. The van der Waals surface area contributed by atoms with Crippen LogP contribution < -0.4 is 10.1 Å². The fraction of sp³-hybridized carbons (Fsp3) is 0.562. The summed E-state index contributed by atoms with van der Waals surface area (Å²) in [5.41, 5.74) is 1.31. The predicted octanol–water partition coefficient (Wildman–Crippen LogP) is 3.50. The molecule has 0 saturated carbocycles. The minimum Gasteiger partial charge on any atom is -0.494 e. The molecular weight excluding hydrogens is 238 g/mol. The molecule has 1 rings (SSSR count). The Labute approximate surface area is 116 Å². The minimum atomic E-state index is 0.112. The molecule has 0 fully saturated rings. The molecule has 3 heteroatoms. The van der Waals surface area contributed by atoms with Crippen molar-refractivity contribution in [3.05, 3.63) is 29.8 Å². The molecule has 0 aliphatic heterocycles. The number of rotatable bonds is 8. The lowest BCUT2D eigenvalue weighted by molar-refractivity contribution is -0.121. The Hall–Kier alpha value is -1.51. The number of carbonyl (C=O) groups is 1. The first-order chi connectivity index (χ1) is 9.13. The van der Waals surface area contributed by atoms with E-state index in [4.69, 9.17) is 4.74 Å². The molecule has 0 aliphatic carbocycles. The molecule has 0 unspecified atom stereocenters. The molecule has 0 atom stereocenters. The monoisotopic (exact) mass is 263 g/mol. The molecule has 106 valence electrons. The minimum absolute atomic E-state index is 0.112. The summed E-state index contributed by atoms with van der Waals surface area (Å²) in [5, 5.41) is 2.86. The third-order valence-corrected chi connectivity index (χ3v) is 2.94. The first kappa shape index (κ1) is 15.5. The Morgan fingerprint density at radius 3 is 2.53 bits per heavy atom. The molecule has 1 N–H and O–H groups in total. The number of hydrogen-bond acceptors (Lipinski definition) is 2. The molecule has 0 radical (unpaired) electrons. The van der Waals surface area contributed by atoms with Crippen molar-refractivity contribution in [2.45, 2.75) is 46.0 Å². The van der Waals surface area contributed by atoms with Crippen molar-refractivity contribution in [2.75, 3.05) is 13.2 Å². The Morgan fingerprint density at radius 1 is 1.26 bits per heavy atom. The zero-order valence-electron chi connectivity index (χ0n) is 12.2. The summed E-state index contributed by atoms with van der Waals surface area (Å²) in [4.78, 5) is 11.4. The lowest BCUT2D eigenvalue weighted by atomic mass is 10.0. The van der Waals surface area contributed by atoms with E-state index in [-0.39, 0.29) is 5.91 Å². The Balaban J connectivity index is 2.20. The third-order valence-electron chi connectivity index (χ3n) is 2.94. The van der Waals surface area contributed by atoms with Crippen molar-refractivity contribution in [1.82, 2.24) is 5.32 Å². The molecule has 3 nitrogen and oxygen atoms in total. The second-order valence-electron chi connectivity index (χ2n) is 5.03. The van der Waals surface area contributed by atoms with E-state index in [0.717, 1.165) is 25.1 Å². The fourth-order valence-corrected chi connectivity index (χ4v) is 1.72. The average molecular weight is 263 g/mol. The quantitative estimate of drug-likeness (QED) is 0.729. The summed E-state index contributed by atoms with van der Waals surface area (Å²) in [5.74, 6) is 1.52. The molecule has 0 saturated heterocycles. The van der Waals surface area contributed by atoms with Gasteiger partial charge < -0.3 is 10.1 Å². The lowest BCUT2D eigenvalue weighted by Gasteiger charge is -2.09. The van der Waals surface area contributed by atoms with Crippen LogP contribution in [-0.2, 0) is 4.79 Å². The lowest BCUT2D eigenvalue weighted by Crippen LogP contribution is -2.24. The average Bonchev–Trinajstić information content (AvgIpc) is 2.41. The van der Waals surface area contributed by atoms with Crippen LogP contribution in [0, 0.1) is 0 Å². The second kappa shape index (κ2) is 8.57. The van der Waals surface area contributed by atoms with E-state index in [9.17, 15) is 4.79 Å². The molecular formula is C16H25NO2. The molecule has 19 heavy (non-hydrogen) atoms. The number of hydrogen-bond donors (Lipinski definition) is 1. The van der Waals surface area contributed by atoms with Crippen molar-refractivity contribution >= 4 is 5.91 Å². The third kappa shape index (κ3) is 6.27. The number of benzene rings is 1. The summed E-state index contributed by atoms with van der Waals surface area (Å²) >= 11 is 0. The molecule has 0 aliphatic rings. The highest BCUT2D eigenvalue weighted by atomic mass is 16.5. The molecule has 0 aromatic heterocycles.